The van der Waals surface area contributed by atoms with Gasteiger partial charge in [-0.05, 0) is 46.6 Å². The first-order valence-corrected chi connectivity index (χ1v) is 9.22. The second kappa shape index (κ2) is 7.50. The molecule has 2 N–H and O–H groups in total. The molecule has 1 fully saturated rings. The van der Waals surface area contributed by atoms with E-state index in [-0.39, 0.29) is 18.0 Å². The average Bonchev–Trinajstić information content (AvgIpc) is 2.94. The fourth-order valence-electron chi connectivity index (χ4n) is 3.24. The number of aromatic nitrogens is 4. The van der Waals surface area contributed by atoms with Crippen LogP contribution in [-0.2, 0) is 4.74 Å². The van der Waals surface area contributed by atoms with Crippen molar-refractivity contribution in [1.82, 2.24) is 30.2 Å². The molecular weight excluding hydrogens is 348 g/mol. The van der Waals surface area contributed by atoms with Gasteiger partial charge in [-0.1, -0.05) is 12.8 Å². The number of fused-ring (bicyclic) bond motifs is 1. The van der Waals surface area contributed by atoms with Gasteiger partial charge in [0.05, 0.1) is 6.04 Å². The van der Waals surface area contributed by atoms with E-state index in [4.69, 9.17) is 4.74 Å². The highest BCUT2D eigenvalue weighted by molar-refractivity contribution is 5.93. The number of aryl methyl sites for hydroxylation is 1. The SMILES string of the molecule is Cc1nc2nccc(C(=O)N[C@H]3CCCC[C@H]3NC(=O)OC(C)(C)C)n2n1. The predicted octanol–water partition coefficient (Wildman–Crippen LogP) is 2.00. The van der Waals surface area contributed by atoms with Crippen molar-refractivity contribution in [3.8, 4) is 0 Å². The van der Waals surface area contributed by atoms with Crippen molar-refractivity contribution in [3.05, 3.63) is 23.8 Å². The molecule has 2 heterocycles. The second-order valence-corrected chi connectivity index (χ2v) is 7.82. The molecule has 0 unspecified atom stereocenters. The van der Waals surface area contributed by atoms with E-state index in [2.05, 4.69) is 25.7 Å². The van der Waals surface area contributed by atoms with E-state index >= 15 is 0 Å². The molecule has 9 heteroatoms. The number of carbonyl (C=O) groups is 2. The zero-order valence-corrected chi connectivity index (χ0v) is 16.2. The zero-order valence-electron chi connectivity index (χ0n) is 16.2. The van der Waals surface area contributed by atoms with Crippen molar-refractivity contribution in [2.24, 2.45) is 0 Å². The minimum Gasteiger partial charge on any atom is -0.444 e. The van der Waals surface area contributed by atoms with Crippen LogP contribution in [0.15, 0.2) is 12.3 Å². The summed E-state index contributed by atoms with van der Waals surface area (Å²) >= 11 is 0. The van der Waals surface area contributed by atoms with Crippen LogP contribution in [0.25, 0.3) is 5.78 Å². The maximum absolute atomic E-state index is 12.8. The third-order valence-corrected chi connectivity index (χ3v) is 4.36. The van der Waals surface area contributed by atoms with E-state index in [9.17, 15) is 9.59 Å². The van der Waals surface area contributed by atoms with E-state index in [1.807, 2.05) is 20.8 Å². The van der Waals surface area contributed by atoms with Gasteiger partial charge in [0.25, 0.3) is 11.7 Å². The predicted molar refractivity (Wildman–Crippen MR) is 98.4 cm³/mol. The van der Waals surface area contributed by atoms with E-state index in [0.29, 0.717) is 17.3 Å². The number of amides is 2. The number of nitrogens with one attached hydrogen (secondary N) is 2. The van der Waals surface area contributed by atoms with Crippen molar-refractivity contribution >= 4 is 17.8 Å². The smallest absolute Gasteiger partial charge is 0.407 e. The Labute approximate surface area is 157 Å². The number of nitrogens with zero attached hydrogens (tertiary/aromatic N) is 4. The van der Waals surface area contributed by atoms with Crippen LogP contribution in [0, 0.1) is 6.92 Å². The monoisotopic (exact) mass is 374 g/mol. The lowest BCUT2D eigenvalue weighted by molar-refractivity contribution is 0.0474. The van der Waals surface area contributed by atoms with Crippen molar-refractivity contribution in [2.75, 3.05) is 0 Å². The van der Waals surface area contributed by atoms with Crippen LogP contribution < -0.4 is 10.6 Å². The molecule has 1 saturated carbocycles. The van der Waals surface area contributed by atoms with Gasteiger partial charge in [0, 0.05) is 12.2 Å². The third kappa shape index (κ3) is 4.72. The molecule has 0 bridgehead atoms. The highest BCUT2D eigenvalue weighted by Gasteiger charge is 2.30. The lowest BCUT2D eigenvalue weighted by atomic mass is 9.90. The Hall–Kier alpha value is -2.71. The van der Waals surface area contributed by atoms with Gasteiger partial charge in [0.1, 0.15) is 17.1 Å². The summed E-state index contributed by atoms with van der Waals surface area (Å²) in [4.78, 5) is 33.2. The van der Waals surface area contributed by atoms with Crippen molar-refractivity contribution in [2.45, 2.75) is 71.1 Å². The van der Waals surface area contributed by atoms with Crippen LogP contribution in [0.3, 0.4) is 0 Å². The minimum absolute atomic E-state index is 0.174. The van der Waals surface area contributed by atoms with Crippen LogP contribution >= 0.6 is 0 Å². The molecule has 2 amide bonds. The number of hydrogen-bond acceptors (Lipinski definition) is 6. The molecule has 0 aliphatic heterocycles. The molecule has 3 rings (SSSR count). The zero-order chi connectivity index (χ0) is 19.6. The molecule has 0 aromatic carbocycles. The van der Waals surface area contributed by atoms with Crippen LogP contribution in [0.1, 0.15) is 62.8 Å². The molecule has 1 aliphatic carbocycles. The Bertz CT molecular complexity index is 841. The molecule has 9 nitrogen and oxygen atoms in total. The quantitative estimate of drug-likeness (QED) is 0.850. The number of hydrogen-bond donors (Lipinski definition) is 2. The maximum Gasteiger partial charge on any atom is 0.407 e. The Morgan fingerprint density at radius 3 is 2.52 bits per heavy atom. The fraction of sp³-hybridized carbons (Fsp3) is 0.611. The maximum atomic E-state index is 12.8. The summed E-state index contributed by atoms with van der Waals surface area (Å²) < 4.78 is 6.78. The topological polar surface area (TPSA) is 111 Å². The molecule has 1 aliphatic rings. The molecular formula is C18H26N6O3. The lowest BCUT2D eigenvalue weighted by Gasteiger charge is -2.33. The summed E-state index contributed by atoms with van der Waals surface area (Å²) in [5.41, 5.74) is -0.201. The second-order valence-electron chi connectivity index (χ2n) is 7.82. The summed E-state index contributed by atoms with van der Waals surface area (Å²) in [5, 5.41) is 10.2. The molecule has 2 aromatic heterocycles. The number of ether oxygens (including phenoxy) is 1. The van der Waals surface area contributed by atoms with Gasteiger partial charge in [-0.2, -0.15) is 9.50 Å². The summed E-state index contributed by atoms with van der Waals surface area (Å²) in [5.74, 6) is 0.660. The fourth-order valence-corrected chi connectivity index (χ4v) is 3.24. The highest BCUT2D eigenvalue weighted by Crippen LogP contribution is 2.20. The molecule has 0 saturated heterocycles. The Kier molecular flexibility index (Phi) is 5.29. The van der Waals surface area contributed by atoms with E-state index < -0.39 is 11.7 Å². The molecule has 2 aromatic rings. The summed E-state index contributed by atoms with van der Waals surface area (Å²) in [6, 6.07) is 1.26. The molecule has 27 heavy (non-hydrogen) atoms. The Balaban J connectivity index is 1.71. The number of alkyl carbamates (subject to hydrolysis) is 1. The van der Waals surface area contributed by atoms with E-state index in [1.165, 1.54) is 10.7 Å². The summed E-state index contributed by atoms with van der Waals surface area (Å²) in [7, 11) is 0. The van der Waals surface area contributed by atoms with Gasteiger partial charge in [-0.15, -0.1) is 5.10 Å². The number of carbonyl (C=O) groups excluding carboxylic acids is 2. The molecule has 0 spiro atoms. The van der Waals surface area contributed by atoms with Gasteiger partial charge >= 0.3 is 6.09 Å². The first-order chi connectivity index (χ1) is 12.7. The van der Waals surface area contributed by atoms with E-state index in [0.717, 1.165) is 25.7 Å². The van der Waals surface area contributed by atoms with Crippen LogP contribution in [-0.4, -0.2) is 49.3 Å². The van der Waals surface area contributed by atoms with Gasteiger partial charge in [0.2, 0.25) is 0 Å². The summed E-state index contributed by atoms with van der Waals surface area (Å²) in [6.45, 7) is 7.21. The Morgan fingerprint density at radius 2 is 1.85 bits per heavy atom. The van der Waals surface area contributed by atoms with Crippen LogP contribution in [0.5, 0.6) is 0 Å². The molecule has 0 radical (unpaired) electrons. The molecule has 2 atom stereocenters. The van der Waals surface area contributed by atoms with Crippen LogP contribution in [0.4, 0.5) is 4.79 Å². The van der Waals surface area contributed by atoms with Crippen molar-refractivity contribution in [1.29, 1.82) is 0 Å². The standard InChI is InChI=1S/C18H26N6O3/c1-11-20-16-19-10-9-14(24(16)23-11)15(25)21-12-7-5-6-8-13(12)22-17(26)27-18(2,3)4/h9-10,12-13H,5-8H2,1-4H3,(H,21,25)(H,22,26)/t12-,13+/m0/s1. The van der Waals surface area contributed by atoms with Crippen LogP contribution in [0.2, 0.25) is 0 Å². The molecule has 146 valence electrons. The average molecular weight is 374 g/mol. The first-order valence-electron chi connectivity index (χ1n) is 9.22. The van der Waals surface area contributed by atoms with Gasteiger partial charge in [-0.25, -0.2) is 9.78 Å². The number of rotatable bonds is 3. The van der Waals surface area contributed by atoms with Crippen molar-refractivity contribution < 1.29 is 14.3 Å². The van der Waals surface area contributed by atoms with E-state index in [1.54, 1.807) is 13.0 Å². The summed E-state index contributed by atoms with van der Waals surface area (Å²) in [6.07, 6.45) is 4.64. The first kappa shape index (κ1) is 19.1. The minimum atomic E-state index is -0.564. The van der Waals surface area contributed by atoms with Gasteiger partial charge < -0.3 is 15.4 Å². The van der Waals surface area contributed by atoms with Gasteiger partial charge in [-0.3, -0.25) is 4.79 Å². The Morgan fingerprint density at radius 1 is 1.19 bits per heavy atom. The normalized spacial score (nSPS) is 20.3. The highest BCUT2D eigenvalue weighted by atomic mass is 16.6. The van der Waals surface area contributed by atoms with Gasteiger partial charge in [0.15, 0.2) is 0 Å². The third-order valence-electron chi connectivity index (χ3n) is 4.36. The van der Waals surface area contributed by atoms with Crippen molar-refractivity contribution in [3.63, 3.8) is 0 Å². The lowest BCUT2D eigenvalue weighted by Crippen LogP contribution is -2.54. The largest absolute Gasteiger partial charge is 0.444 e.